The van der Waals surface area contributed by atoms with Crippen LogP contribution >= 0.6 is 0 Å². The number of amides is 2. The van der Waals surface area contributed by atoms with Gasteiger partial charge in [0.05, 0.1) is 5.56 Å². The standard InChI is InChI=1S/C33H33F3N4O3/c1-21-8-17-27(28(20-21)22-9-11-23(12-10-22)33(34,35)36)30(41)39-26-15-13-24(14-16-26)37-19-18-25-6-5-7-29(38-25)40-31(42)43-32(2,3)4/h5-17,20,37H,18-19H2,1-4H3,(H,39,41)(H,38,40,42). The topological polar surface area (TPSA) is 92.4 Å². The summed E-state index contributed by atoms with van der Waals surface area (Å²) in [5.41, 5.74) is 3.12. The van der Waals surface area contributed by atoms with Gasteiger partial charge in [0.25, 0.3) is 5.91 Å². The Labute approximate surface area is 248 Å². The molecule has 1 heterocycles. The van der Waals surface area contributed by atoms with Crippen molar-refractivity contribution in [3.63, 3.8) is 0 Å². The lowest BCUT2D eigenvalue weighted by molar-refractivity contribution is -0.137. The van der Waals surface area contributed by atoms with Gasteiger partial charge in [0.15, 0.2) is 0 Å². The van der Waals surface area contributed by atoms with Crippen LogP contribution in [0.4, 0.5) is 35.2 Å². The SMILES string of the molecule is Cc1ccc(C(=O)Nc2ccc(NCCc3cccc(NC(=O)OC(C)(C)C)n3)cc2)c(-c2ccc(C(F)(F)F)cc2)c1. The lowest BCUT2D eigenvalue weighted by atomic mass is 9.96. The van der Waals surface area contributed by atoms with Gasteiger partial charge in [-0.05, 0) is 93.4 Å². The van der Waals surface area contributed by atoms with E-state index < -0.39 is 23.4 Å². The minimum absolute atomic E-state index is 0.350. The number of rotatable bonds is 8. The van der Waals surface area contributed by atoms with Gasteiger partial charge in [-0.15, -0.1) is 0 Å². The van der Waals surface area contributed by atoms with Crippen molar-refractivity contribution in [2.75, 3.05) is 22.5 Å². The van der Waals surface area contributed by atoms with Crippen LogP contribution in [0.1, 0.15) is 48.0 Å². The average Bonchev–Trinajstić information content (AvgIpc) is 2.92. The molecule has 224 valence electrons. The van der Waals surface area contributed by atoms with E-state index in [9.17, 15) is 22.8 Å². The highest BCUT2D eigenvalue weighted by atomic mass is 19.4. The molecule has 0 saturated carbocycles. The first-order valence-corrected chi connectivity index (χ1v) is 13.7. The molecule has 1 aromatic heterocycles. The summed E-state index contributed by atoms with van der Waals surface area (Å²) in [5.74, 6) is 0.0310. The van der Waals surface area contributed by atoms with Gasteiger partial charge in [-0.1, -0.05) is 35.9 Å². The Balaban J connectivity index is 1.35. The molecule has 0 saturated heterocycles. The van der Waals surface area contributed by atoms with E-state index in [1.807, 2.05) is 31.2 Å². The van der Waals surface area contributed by atoms with E-state index in [0.717, 1.165) is 29.1 Å². The number of aryl methyl sites for hydroxylation is 1. The Hall–Kier alpha value is -4.86. The zero-order valence-electron chi connectivity index (χ0n) is 24.3. The molecule has 3 N–H and O–H groups in total. The van der Waals surface area contributed by atoms with Crippen molar-refractivity contribution in [2.24, 2.45) is 0 Å². The molecule has 4 aromatic rings. The fourth-order valence-electron chi connectivity index (χ4n) is 4.24. The second-order valence-corrected chi connectivity index (χ2v) is 11.0. The third-order valence-electron chi connectivity index (χ3n) is 6.23. The van der Waals surface area contributed by atoms with Gasteiger partial charge in [0.2, 0.25) is 0 Å². The first kappa shape index (κ1) is 31.1. The molecule has 43 heavy (non-hydrogen) atoms. The summed E-state index contributed by atoms with van der Waals surface area (Å²) < 4.78 is 44.3. The zero-order chi connectivity index (χ0) is 31.2. The molecule has 2 amide bonds. The van der Waals surface area contributed by atoms with Gasteiger partial charge < -0.3 is 15.4 Å². The van der Waals surface area contributed by atoms with Crippen molar-refractivity contribution in [3.05, 3.63) is 107 Å². The predicted octanol–water partition coefficient (Wildman–Crippen LogP) is 8.33. The summed E-state index contributed by atoms with van der Waals surface area (Å²) in [6, 6.07) is 22.5. The van der Waals surface area contributed by atoms with E-state index in [-0.39, 0.29) is 5.91 Å². The number of halogens is 3. The van der Waals surface area contributed by atoms with Crippen molar-refractivity contribution in [1.29, 1.82) is 0 Å². The molecular formula is C33H33F3N4O3. The van der Waals surface area contributed by atoms with Crippen molar-refractivity contribution in [2.45, 2.75) is 45.9 Å². The number of carbonyl (C=O) groups is 2. The van der Waals surface area contributed by atoms with Crippen LogP contribution in [0.2, 0.25) is 0 Å². The third-order valence-corrected chi connectivity index (χ3v) is 6.23. The zero-order valence-corrected chi connectivity index (χ0v) is 24.3. The maximum absolute atomic E-state index is 13.2. The summed E-state index contributed by atoms with van der Waals surface area (Å²) in [5, 5.41) is 8.81. The summed E-state index contributed by atoms with van der Waals surface area (Å²) >= 11 is 0. The molecule has 0 aliphatic rings. The van der Waals surface area contributed by atoms with Crippen LogP contribution < -0.4 is 16.0 Å². The number of carbonyl (C=O) groups excluding carboxylic acids is 2. The van der Waals surface area contributed by atoms with E-state index >= 15 is 0 Å². The monoisotopic (exact) mass is 590 g/mol. The Bertz CT molecular complexity index is 1580. The van der Waals surface area contributed by atoms with Gasteiger partial charge in [0.1, 0.15) is 11.4 Å². The number of ether oxygens (including phenoxy) is 1. The summed E-state index contributed by atoms with van der Waals surface area (Å²) in [6.07, 6.45) is -4.40. The molecule has 0 bridgehead atoms. The van der Waals surface area contributed by atoms with Crippen LogP contribution in [0.15, 0.2) is 84.9 Å². The molecular weight excluding hydrogens is 557 g/mol. The summed E-state index contributed by atoms with van der Waals surface area (Å²) in [4.78, 5) is 29.6. The molecule has 0 unspecified atom stereocenters. The second-order valence-electron chi connectivity index (χ2n) is 11.0. The lowest BCUT2D eigenvalue weighted by Crippen LogP contribution is -2.27. The van der Waals surface area contributed by atoms with Gasteiger partial charge in [-0.25, -0.2) is 9.78 Å². The maximum Gasteiger partial charge on any atom is 0.416 e. The number of anilines is 3. The van der Waals surface area contributed by atoms with Crippen molar-refractivity contribution in [1.82, 2.24) is 4.98 Å². The fraction of sp³-hybridized carbons (Fsp3) is 0.242. The number of aromatic nitrogens is 1. The van der Waals surface area contributed by atoms with Crippen LogP contribution in [0.25, 0.3) is 11.1 Å². The van der Waals surface area contributed by atoms with E-state index in [4.69, 9.17) is 4.74 Å². The second kappa shape index (κ2) is 13.0. The maximum atomic E-state index is 13.2. The molecule has 0 aliphatic heterocycles. The molecule has 0 aliphatic carbocycles. The molecule has 0 spiro atoms. The number of benzene rings is 3. The number of nitrogens with zero attached hydrogens (tertiary/aromatic N) is 1. The molecule has 0 fully saturated rings. The number of alkyl halides is 3. The van der Waals surface area contributed by atoms with Crippen molar-refractivity contribution < 1.29 is 27.5 Å². The third kappa shape index (κ3) is 9.06. The molecule has 10 heteroatoms. The van der Waals surface area contributed by atoms with Gasteiger partial charge in [0, 0.05) is 35.6 Å². The fourth-order valence-corrected chi connectivity index (χ4v) is 4.24. The van der Waals surface area contributed by atoms with Crippen LogP contribution in [0.5, 0.6) is 0 Å². The highest BCUT2D eigenvalue weighted by Gasteiger charge is 2.30. The highest BCUT2D eigenvalue weighted by Crippen LogP contribution is 2.32. The summed E-state index contributed by atoms with van der Waals surface area (Å²) in [6.45, 7) is 7.79. The largest absolute Gasteiger partial charge is 0.444 e. The quantitative estimate of drug-likeness (QED) is 0.192. The number of nitrogens with one attached hydrogen (secondary N) is 3. The van der Waals surface area contributed by atoms with Crippen LogP contribution in [-0.2, 0) is 17.3 Å². The minimum Gasteiger partial charge on any atom is -0.444 e. The van der Waals surface area contributed by atoms with Crippen LogP contribution in [0, 0.1) is 6.92 Å². The predicted molar refractivity (Wildman–Crippen MR) is 162 cm³/mol. The van der Waals surface area contributed by atoms with Crippen molar-refractivity contribution >= 4 is 29.2 Å². The molecule has 3 aromatic carbocycles. The van der Waals surface area contributed by atoms with E-state index in [2.05, 4.69) is 20.9 Å². The minimum atomic E-state index is -4.44. The van der Waals surface area contributed by atoms with Gasteiger partial charge in [-0.3, -0.25) is 10.1 Å². The Morgan fingerprint density at radius 3 is 2.16 bits per heavy atom. The first-order valence-electron chi connectivity index (χ1n) is 13.7. The van der Waals surface area contributed by atoms with Crippen LogP contribution in [0.3, 0.4) is 0 Å². The Kier molecular flexibility index (Phi) is 9.38. The Morgan fingerprint density at radius 2 is 1.51 bits per heavy atom. The number of hydrogen-bond donors (Lipinski definition) is 3. The van der Waals surface area contributed by atoms with Crippen molar-refractivity contribution in [3.8, 4) is 11.1 Å². The van der Waals surface area contributed by atoms with Gasteiger partial charge >= 0.3 is 12.3 Å². The first-order chi connectivity index (χ1) is 20.3. The average molecular weight is 591 g/mol. The van der Waals surface area contributed by atoms with E-state index in [1.54, 1.807) is 57.2 Å². The smallest absolute Gasteiger partial charge is 0.416 e. The summed E-state index contributed by atoms with van der Waals surface area (Å²) in [7, 11) is 0. The van der Waals surface area contributed by atoms with E-state index in [0.29, 0.717) is 41.2 Å². The molecule has 7 nitrogen and oxygen atoms in total. The molecule has 4 rings (SSSR count). The highest BCUT2D eigenvalue weighted by molar-refractivity contribution is 6.08. The lowest BCUT2D eigenvalue weighted by Gasteiger charge is -2.19. The Morgan fingerprint density at radius 1 is 0.837 bits per heavy atom. The van der Waals surface area contributed by atoms with E-state index in [1.165, 1.54) is 12.1 Å². The normalized spacial score (nSPS) is 11.5. The van der Waals surface area contributed by atoms with Crippen LogP contribution in [-0.4, -0.2) is 29.1 Å². The number of pyridine rings is 1. The number of hydrogen-bond acceptors (Lipinski definition) is 5. The molecule has 0 radical (unpaired) electrons. The van der Waals surface area contributed by atoms with Gasteiger partial charge in [-0.2, -0.15) is 13.2 Å². The molecule has 0 atom stereocenters.